The second kappa shape index (κ2) is 7.31. The first-order valence-electron chi connectivity index (χ1n) is 7.11. The van der Waals surface area contributed by atoms with Crippen LogP contribution < -0.4 is 5.32 Å². The Balaban J connectivity index is 2.12. The van der Waals surface area contributed by atoms with Crippen molar-refractivity contribution in [2.45, 2.75) is 32.6 Å². The summed E-state index contributed by atoms with van der Waals surface area (Å²) in [7, 11) is 0. The van der Waals surface area contributed by atoms with Gasteiger partial charge in [0.05, 0.1) is 5.52 Å². The fraction of sp³-hybridized carbons (Fsp3) is 0.467. The molecule has 0 amide bonds. The van der Waals surface area contributed by atoms with Crippen molar-refractivity contribution in [3.05, 3.63) is 23.4 Å². The van der Waals surface area contributed by atoms with E-state index in [-0.39, 0.29) is 6.54 Å². The van der Waals surface area contributed by atoms with Crippen LogP contribution in [0.25, 0.3) is 10.9 Å². The maximum Gasteiger partial charge on any atom is 0.322 e. The highest BCUT2D eigenvalue weighted by molar-refractivity contribution is 6.17. The molecule has 0 spiro atoms. The smallest absolute Gasteiger partial charge is 0.322 e. The van der Waals surface area contributed by atoms with Crippen LogP contribution in [0.15, 0.2) is 12.1 Å². The number of anilines is 1. The van der Waals surface area contributed by atoms with E-state index >= 15 is 0 Å². The second-order valence-corrected chi connectivity index (χ2v) is 5.51. The predicted molar refractivity (Wildman–Crippen MR) is 85.2 cm³/mol. The lowest BCUT2D eigenvalue weighted by Crippen LogP contribution is -2.12. The molecule has 0 bridgehead atoms. The number of carbonyl (C=O) groups is 1. The Kier molecular flexibility index (Phi) is 5.44. The third kappa shape index (κ3) is 4.11. The Bertz CT molecular complexity index is 625. The number of hydrogen-bond donors (Lipinski definition) is 3. The minimum absolute atomic E-state index is 0.0952. The van der Waals surface area contributed by atoms with E-state index in [9.17, 15) is 4.79 Å². The molecule has 0 radical (unpaired) electrons. The predicted octanol–water partition coefficient (Wildman–Crippen LogP) is 3.32. The van der Waals surface area contributed by atoms with Crippen molar-refractivity contribution in [3.8, 4) is 0 Å². The van der Waals surface area contributed by atoms with Gasteiger partial charge >= 0.3 is 5.97 Å². The summed E-state index contributed by atoms with van der Waals surface area (Å²) in [5, 5.41) is 20.1. The molecular formula is C15H20ClN3O2. The van der Waals surface area contributed by atoms with E-state index < -0.39 is 5.97 Å². The number of carboxylic acids is 1. The molecule has 1 heterocycles. The summed E-state index contributed by atoms with van der Waals surface area (Å²) >= 11 is 5.68. The minimum atomic E-state index is -0.878. The monoisotopic (exact) mass is 309 g/mol. The normalized spacial score (nSPS) is 11.0. The van der Waals surface area contributed by atoms with Gasteiger partial charge in [0, 0.05) is 22.6 Å². The average molecular weight is 310 g/mol. The van der Waals surface area contributed by atoms with Crippen LogP contribution in [0.2, 0.25) is 0 Å². The number of benzene rings is 1. The molecule has 114 valence electrons. The number of nitrogens with zero attached hydrogens (tertiary/aromatic N) is 1. The number of halogens is 1. The first-order chi connectivity index (χ1) is 10.1. The molecule has 6 heteroatoms. The lowest BCUT2D eigenvalue weighted by Gasteiger charge is -2.07. The van der Waals surface area contributed by atoms with Crippen LogP contribution in [0.4, 0.5) is 5.69 Å². The highest BCUT2D eigenvalue weighted by Gasteiger charge is 2.09. The molecule has 5 nitrogen and oxygen atoms in total. The van der Waals surface area contributed by atoms with Gasteiger partial charge in [-0.1, -0.05) is 6.42 Å². The summed E-state index contributed by atoms with van der Waals surface area (Å²) in [5.41, 5.74) is 3.82. The molecule has 0 aliphatic rings. The van der Waals surface area contributed by atoms with Crippen LogP contribution in [-0.2, 0) is 11.2 Å². The third-order valence-corrected chi connectivity index (χ3v) is 3.74. The molecule has 2 aromatic rings. The first-order valence-corrected chi connectivity index (χ1v) is 7.64. The summed E-state index contributed by atoms with van der Waals surface area (Å²) in [6.07, 6.45) is 4.19. The van der Waals surface area contributed by atoms with E-state index in [0.29, 0.717) is 5.88 Å². The topological polar surface area (TPSA) is 78.0 Å². The van der Waals surface area contributed by atoms with Crippen molar-refractivity contribution in [2.75, 3.05) is 17.7 Å². The number of rotatable bonds is 8. The van der Waals surface area contributed by atoms with Crippen LogP contribution in [-0.4, -0.2) is 33.7 Å². The molecule has 0 fully saturated rings. The number of aromatic nitrogens is 2. The summed E-state index contributed by atoms with van der Waals surface area (Å²) in [6, 6.07) is 3.95. The fourth-order valence-electron chi connectivity index (χ4n) is 2.34. The number of aromatic amines is 1. The quantitative estimate of drug-likeness (QED) is 0.516. The largest absolute Gasteiger partial charge is 0.480 e. The fourth-order valence-corrected chi connectivity index (χ4v) is 2.53. The van der Waals surface area contributed by atoms with E-state index in [2.05, 4.69) is 21.6 Å². The van der Waals surface area contributed by atoms with E-state index in [4.69, 9.17) is 16.7 Å². The molecule has 0 saturated carbocycles. The molecule has 0 saturated heterocycles. The van der Waals surface area contributed by atoms with E-state index in [1.54, 1.807) is 0 Å². The number of H-pyrrole nitrogens is 1. The lowest BCUT2D eigenvalue weighted by atomic mass is 10.1. The molecule has 0 unspecified atom stereocenters. The van der Waals surface area contributed by atoms with Crippen molar-refractivity contribution < 1.29 is 9.90 Å². The van der Waals surface area contributed by atoms with Gasteiger partial charge in [-0.25, -0.2) is 0 Å². The number of hydrogen-bond acceptors (Lipinski definition) is 3. The molecular weight excluding hydrogens is 290 g/mol. The van der Waals surface area contributed by atoms with Gasteiger partial charge in [0.25, 0.3) is 0 Å². The van der Waals surface area contributed by atoms with Crippen LogP contribution in [0, 0.1) is 6.92 Å². The Hall–Kier alpha value is -1.75. The van der Waals surface area contributed by atoms with Gasteiger partial charge in [-0.3, -0.25) is 9.89 Å². The molecule has 3 N–H and O–H groups in total. The minimum Gasteiger partial charge on any atom is -0.480 e. The van der Waals surface area contributed by atoms with E-state index in [0.717, 1.165) is 53.5 Å². The lowest BCUT2D eigenvalue weighted by molar-refractivity contribution is -0.134. The molecule has 1 aromatic heterocycles. The molecule has 1 aromatic carbocycles. The zero-order chi connectivity index (χ0) is 15.2. The molecule has 0 aliphatic carbocycles. The number of alkyl halides is 1. The van der Waals surface area contributed by atoms with Crippen LogP contribution in [0.5, 0.6) is 0 Å². The number of unbranched alkanes of at least 4 members (excludes halogenated alkanes) is 2. The molecule has 0 atom stereocenters. The highest BCUT2D eigenvalue weighted by atomic mass is 35.5. The van der Waals surface area contributed by atoms with Crippen LogP contribution in [0.3, 0.4) is 0 Å². The Labute approximate surface area is 128 Å². The van der Waals surface area contributed by atoms with Crippen molar-refractivity contribution in [1.29, 1.82) is 0 Å². The van der Waals surface area contributed by atoms with Crippen LogP contribution in [0.1, 0.15) is 30.5 Å². The zero-order valence-corrected chi connectivity index (χ0v) is 12.8. The Morgan fingerprint density at radius 1 is 1.38 bits per heavy atom. The third-order valence-electron chi connectivity index (χ3n) is 3.47. The summed E-state index contributed by atoms with van der Waals surface area (Å²) < 4.78 is 0. The number of aliphatic carboxylic acids is 1. The summed E-state index contributed by atoms with van der Waals surface area (Å²) in [4.78, 5) is 10.6. The van der Waals surface area contributed by atoms with Gasteiger partial charge in [0.15, 0.2) is 0 Å². The maximum atomic E-state index is 10.6. The van der Waals surface area contributed by atoms with Gasteiger partial charge in [-0.2, -0.15) is 5.10 Å². The molecule has 21 heavy (non-hydrogen) atoms. The number of aryl methyl sites for hydroxylation is 2. The van der Waals surface area contributed by atoms with Crippen molar-refractivity contribution in [2.24, 2.45) is 0 Å². The Morgan fingerprint density at radius 3 is 2.90 bits per heavy atom. The summed E-state index contributed by atoms with van der Waals surface area (Å²) in [6.45, 7) is 1.87. The van der Waals surface area contributed by atoms with Crippen molar-refractivity contribution in [1.82, 2.24) is 10.2 Å². The van der Waals surface area contributed by atoms with Gasteiger partial charge < -0.3 is 10.4 Å². The van der Waals surface area contributed by atoms with Crippen LogP contribution >= 0.6 is 11.6 Å². The number of fused-ring (bicyclic) bond motifs is 1. The highest BCUT2D eigenvalue weighted by Crippen LogP contribution is 2.25. The average Bonchev–Trinajstić information content (AvgIpc) is 2.83. The van der Waals surface area contributed by atoms with Gasteiger partial charge in [-0.15, -0.1) is 11.6 Å². The number of carboxylic acid groups (broad SMARTS) is 1. The standard InChI is InChI=1S/C15H20ClN3O2/c1-10-7-11-12(5-3-2-4-6-16)18-19-14(11)8-13(10)17-9-15(20)21/h7-8,17H,2-6,9H2,1H3,(H,18,19)(H,20,21). The molecule has 2 rings (SSSR count). The molecule has 0 aliphatic heterocycles. The van der Waals surface area contributed by atoms with Gasteiger partial charge in [-0.05, 0) is 43.9 Å². The van der Waals surface area contributed by atoms with Gasteiger partial charge in [0.1, 0.15) is 6.54 Å². The maximum absolute atomic E-state index is 10.6. The van der Waals surface area contributed by atoms with Gasteiger partial charge in [0.2, 0.25) is 0 Å². The second-order valence-electron chi connectivity index (χ2n) is 5.13. The van der Waals surface area contributed by atoms with E-state index in [1.807, 2.05) is 13.0 Å². The Morgan fingerprint density at radius 2 is 2.19 bits per heavy atom. The SMILES string of the molecule is Cc1cc2c(CCCCCCl)[nH]nc2cc1NCC(=O)O. The van der Waals surface area contributed by atoms with Crippen molar-refractivity contribution >= 4 is 34.2 Å². The van der Waals surface area contributed by atoms with Crippen molar-refractivity contribution in [3.63, 3.8) is 0 Å². The van der Waals surface area contributed by atoms with E-state index in [1.165, 1.54) is 0 Å². The first kappa shape index (κ1) is 15.6. The zero-order valence-electron chi connectivity index (χ0n) is 12.1. The number of nitrogens with one attached hydrogen (secondary N) is 2. The summed E-state index contributed by atoms with van der Waals surface area (Å²) in [5.74, 6) is -0.168.